The highest BCUT2D eigenvalue weighted by Crippen LogP contribution is 2.72. The Morgan fingerprint density at radius 2 is 1.74 bits per heavy atom. The van der Waals surface area contributed by atoms with Crippen LogP contribution >= 0.6 is 0 Å². The van der Waals surface area contributed by atoms with Crippen molar-refractivity contribution in [2.24, 2.45) is 22.7 Å². The first-order valence-electron chi connectivity index (χ1n) is 14.3. The minimum atomic E-state index is -0.647. The Kier molecular flexibility index (Phi) is 5.78. The van der Waals surface area contributed by atoms with Crippen LogP contribution < -0.4 is 0 Å². The highest BCUT2D eigenvalue weighted by Gasteiger charge is 2.72. The zero-order valence-corrected chi connectivity index (χ0v) is 21.5. The molecule has 6 atom stereocenters. The number of fused-ring (bicyclic) bond motifs is 5. The number of rotatable bonds is 5. The summed E-state index contributed by atoms with van der Waals surface area (Å²) >= 11 is 0. The van der Waals surface area contributed by atoms with Crippen LogP contribution in [-0.2, 0) is 10.3 Å². The average Bonchev–Trinajstić information content (AvgIpc) is 3.45. The van der Waals surface area contributed by atoms with E-state index >= 15 is 0 Å². The van der Waals surface area contributed by atoms with E-state index in [1.54, 1.807) is 5.57 Å². The van der Waals surface area contributed by atoms with Crippen molar-refractivity contribution in [3.63, 3.8) is 0 Å². The molecule has 1 unspecified atom stereocenters. The van der Waals surface area contributed by atoms with Gasteiger partial charge in [-0.05, 0) is 107 Å². The van der Waals surface area contributed by atoms with Gasteiger partial charge in [0.2, 0.25) is 0 Å². The molecule has 4 aliphatic carbocycles. The van der Waals surface area contributed by atoms with E-state index in [2.05, 4.69) is 55.2 Å². The van der Waals surface area contributed by atoms with Crippen molar-refractivity contribution in [1.82, 2.24) is 4.90 Å². The molecular formula is C31H45NO2. The van der Waals surface area contributed by atoms with Gasteiger partial charge >= 0.3 is 0 Å². The number of allylic oxidation sites excluding steroid dienone is 2. The lowest BCUT2D eigenvalue weighted by atomic mass is 9.44. The number of benzene rings is 1. The molecule has 0 amide bonds. The van der Waals surface area contributed by atoms with Gasteiger partial charge in [0.05, 0.1) is 12.2 Å². The van der Waals surface area contributed by atoms with E-state index in [0.717, 1.165) is 38.8 Å². The SMILES string of the molecule is C[C@]12CCCC=C1CC[C@@H]1[C@H]2CC[C@]2(C)C(OCCN3CCCC3)(c3ccccc3)CC[C@@]12O. The van der Waals surface area contributed by atoms with Gasteiger partial charge in [-0.3, -0.25) is 0 Å². The minimum absolute atomic E-state index is 0.250. The van der Waals surface area contributed by atoms with Crippen LogP contribution in [0.2, 0.25) is 0 Å². The molecule has 0 bridgehead atoms. The van der Waals surface area contributed by atoms with Gasteiger partial charge in [-0.2, -0.15) is 0 Å². The number of nitrogens with zero attached hydrogens (tertiary/aromatic N) is 1. The summed E-state index contributed by atoms with van der Waals surface area (Å²) in [5, 5.41) is 12.8. The number of hydrogen-bond donors (Lipinski definition) is 1. The molecule has 1 saturated heterocycles. The maximum Gasteiger partial charge on any atom is 0.101 e. The number of likely N-dealkylation sites (tertiary alicyclic amines) is 1. The van der Waals surface area contributed by atoms with Gasteiger partial charge in [0, 0.05) is 12.0 Å². The molecule has 1 aliphatic heterocycles. The van der Waals surface area contributed by atoms with E-state index in [4.69, 9.17) is 4.74 Å². The maximum atomic E-state index is 12.8. The summed E-state index contributed by atoms with van der Waals surface area (Å²) in [4.78, 5) is 2.55. The predicted molar refractivity (Wildman–Crippen MR) is 138 cm³/mol. The second kappa shape index (κ2) is 8.46. The topological polar surface area (TPSA) is 32.7 Å². The van der Waals surface area contributed by atoms with Crippen molar-refractivity contribution in [1.29, 1.82) is 0 Å². The Morgan fingerprint density at radius 1 is 0.941 bits per heavy atom. The summed E-state index contributed by atoms with van der Waals surface area (Å²) in [7, 11) is 0. The molecule has 0 radical (unpaired) electrons. The van der Waals surface area contributed by atoms with Gasteiger partial charge in [0.15, 0.2) is 0 Å². The molecule has 34 heavy (non-hydrogen) atoms. The Hall–Kier alpha value is -1.16. The molecule has 0 spiro atoms. The minimum Gasteiger partial charge on any atom is -0.389 e. The summed E-state index contributed by atoms with van der Waals surface area (Å²) in [5.74, 6) is 1.00. The van der Waals surface area contributed by atoms with Crippen LogP contribution in [0, 0.1) is 22.7 Å². The summed E-state index contributed by atoms with van der Waals surface area (Å²) in [6.45, 7) is 9.13. The first-order chi connectivity index (χ1) is 16.4. The molecule has 1 heterocycles. The average molecular weight is 464 g/mol. The molecule has 4 fully saturated rings. The standard InChI is InChI=1S/C31H45NO2/c1-28-16-7-6-10-24(28)13-14-27-26(28)15-17-29(2)30(27,33)18-19-31(29,25-11-4-3-5-12-25)34-23-22-32-20-8-9-21-32/h3-5,10-12,26-27,33H,6-9,13-23H2,1-2H3/t26-,27-,28+,29+,30-,31?/m1/s1. The lowest BCUT2D eigenvalue weighted by molar-refractivity contribution is -0.235. The first-order valence-corrected chi connectivity index (χ1v) is 14.3. The molecular weight excluding hydrogens is 418 g/mol. The van der Waals surface area contributed by atoms with E-state index in [1.807, 2.05) is 0 Å². The van der Waals surface area contributed by atoms with Crippen LogP contribution in [-0.4, -0.2) is 41.8 Å². The van der Waals surface area contributed by atoms with Crippen molar-refractivity contribution in [3.05, 3.63) is 47.5 Å². The Bertz CT molecular complexity index is 923. The highest BCUT2D eigenvalue weighted by molar-refractivity contribution is 5.34. The molecule has 1 aromatic rings. The van der Waals surface area contributed by atoms with E-state index in [1.165, 1.54) is 63.6 Å². The fourth-order valence-electron chi connectivity index (χ4n) is 9.56. The molecule has 0 aromatic heterocycles. The second-order valence-corrected chi connectivity index (χ2v) is 12.7. The Morgan fingerprint density at radius 3 is 2.53 bits per heavy atom. The third kappa shape index (κ3) is 3.19. The van der Waals surface area contributed by atoms with Gasteiger partial charge in [-0.1, -0.05) is 55.8 Å². The molecule has 3 heteroatoms. The largest absolute Gasteiger partial charge is 0.389 e. The van der Waals surface area contributed by atoms with Gasteiger partial charge in [-0.15, -0.1) is 0 Å². The van der Waals surface area contributed by atoms with Crippen LogP contribution in [0.25, 0.3) is 0 Å². The molecule has 186 valence electrons. The van der Waals surface area contributed by atoms with E-state index in [9.17, 15) is 5.11 Å². The fraction of sp³-hybridized carbons (Fsp3) is 0.742. The van der Waals surface area contributed by atoms with Gasteiger partial charge < -0.3 is 14.7 Å². The van der Waals surface area contributed by atoms with Crippen LogP contribution in [0.4, 0.5) is 0 Å². The molecule has 5 aliphatic rings. The number of ether oxygens (including phenoxy) is 1. The van der Waals surface area contributed by atoms with E-state index in [-0.39, 0.29) is 5.41 Å². The van der Waals surface area contributed by atoms with E-state index < -0.39 is 11.2 Å². The van der Waals surface area contributed by atoms with Crippen molar-refractivity contribution < 1.29 is 9.84 Å². The monoisotopic (exact) mass is 463 g/mol. The molecule has 3 nitrogen and oxygen atoms in total. The van der Waals surface area contributed by atoms with Gasteiger partial charge in [0.1, 0.15) is 5.60 Å². The zero-order chi connectivity index (χ0) is 23.4. The normalized spacial score (nSPS) is 44.3. The fourth-order valence-corrected chi connectivity index (χ4v) is 9.56. The van der Waals surface area contributed by atoms with Gasteiger partial charge in [-0.25, -0.2) is 0 Å². The molecule has 1 N–H and O–H groups in total. The van der Waals surface area contributed by atoms with Crippen molar-refractivity contribution >= 4 is 0 Å². The third-order valence-corrected chi connectivity index (χ3v) is 11.5. The van der Waals surface area contributed by atoms with Crippen molar-refractivity contribution in [2.75, 3.05) is 26.2 Å². The molecule has 1 aromatic carbocycles. The predicted octanol–water partition coefficient (Wildman–Crippen LogP) is 6.46. The van der Waals surface area contributed by atoms with Crippen molar-refractivity contribution in [3.8, 4) is 0 Å². The lowest BCUT2D eigenvalue weighted by Crippen LogP contribution is -2.64. The Balaban J connectivity index is 1.34. The first kappa shape index (κ1) is 23.3. The summed E-state index contributed by atoms with van der Waals surface area (Å²) in [6, 6.07) is 11.0. The quantitative estimate of drug-likeness (QED) is 0.509. The summed E-state index contributed by atoms with van der Waals surface area (Å²) < 4.78 is 7.07. The van der Waals surface area contributed by atoms with Crippen molar-refractivity contribution in [2.45, 2.75) is 95.7 Å². The molecule has 6 rings (SSSR count). The van der Waals surface area contributed by atoms with Crippen LogP contribution in [0.1, 0.15) is 90.0 Å². The number of aliphatic hydroxyl groups is 1. The third-order valence-electron chi connectivity index (χ3n) is 11.5. The van der Waals surface area contributed by atoms with Crippen LogP contribution in [0.15, 0.2) is 42.0 Å². The number of hydrogen-bond acceptors (Lipinski definition) is 3. The van der Waals surface area contributed by atoms with E-state index in [0.29, 0.717) is 17.3 Å². The summed E-state index contributed by atoms with van der Waals surface area (Å²) in [5.41, 5.74) is 2.00. The van der Waals surface area contributed by atoms with Gasteiger partial charge in [0.25, 0.3) is 0 Å². The molecule has 3 saturated carbocycles. The highest BCUT2D eigenvalue weighted by atomic mass is 16.5. The Labute approximate surface area is 207 Å². The zero-order valence-electron chi connectivity index (χ0n) is 21.5. The van der Waals surface area contributed by atoms with Crippen LogP contribution in [0.3, 0.4) is 0 Å². The second-order valence-electron chi connectivity index (χ2n) is 12.7. The summed E-state index contributed by atoms with van der Waals surface area (Å²) in [6.07, 6.45) is 15.5. The smallest absolute Gasteiger partial charge is 0.101 e. The lowest BCUT2D eigenvalue weighted by Gasteiger charge is -2.63. The maximum absolute atomic E-state index is 12.8. The van der Waals surface area contributed by atoms with Crippen LogP contribution in [0.5, 0.6) is 0 Å².